The Kier molecular flexibility index (Phi) is 1.41. The lowest BCUT2D eigenvalue weighted by Gasteiger charge is -1.90. The van der Waals surface area contributed by atoms with Gasteiger partial charge in [0.1, 0.15) is 0 Å². The third-order valence-electron chi connectivity index (χ3n) is 1.34. The van der Waals surface area contributed by atoms with Crippen molar-refractivity contribution in [1.82, 2.24) is 15.0 Å². The number of rotatable bonds is 0. The summed E-state index contributed by atoms with van der Waals surface area (Å²) in [6.45, 7) is 1.70. The third-order valence-corrected chi connectivity index (χ3v) is 1.60. The van der Waals surface area contributed by atoms with Crippen LogP contribution in [0.1, 0.15) is 5.89 Å². The first-order chi connectivity index (χ1) is 5.66. The molecule has 12 heavy (non-hydrogen) atoms. The first-order valence-corrected chi connectivity index (χ1v) is 3.61. The maximum atomic E-state index is 5.72. The molecule has 0 aliphatic heterocycles. The molecule has 2 heterocycles. The molecular formula is C6H5ClN4O. The molecule has 0 aromatic carbocycles. The van der Waals surface area contributed by atoms with Crippen LogP contribution in [-0.2, 0) is 0 Å². The Morgan fingerprint density at radius 1 is 1.33 bits per heavy atom. The molecule has 0 amide bonds. The average Bonchev–Trinajstić information content (AvgIpc) is 2.29. The largest absolute Gasteiger partial charge is 0.422 e. The van der Waals surface area contributed by atoms with Crippen molar-refractivity contribution in [3.8, 4) is 0 Å². The highest BCUT2D eigenvalue weighted by atomic mass is 35.5. The van der Waals surface area contributed by atoms with E-state index in [9.17, 15) is 0 Å². The smallest absolute Gasteiger partial charge is 0.253 e. The van der Waals surface area contributed by atoms with Crippen molar-refractivity contribution in [2.75, 3.05) is 5.73 Å². The van der Waals surface area contributed by atoms with Gasteiger partial charge >= 0.3 is 0 Å². The molecule has 6 heteroatoms. The molecule has 2 rings (SSSR count). The van der Waals surface area contributed by atoms with Gasteiger partial charge in [-0.25, -0.2) is 4.98 Å². The Morgan fingerprint density at radius 2 is 2.08 bits per heavy atom. The van der Waals surface area contributed by atoms with Crippen molar-refractivity contribution >= 4 is 28.8 Å². The summed E-state index contributed by atoms with van der Waals surface area (Å²) in [5.74, 6) is 0.579. The van der Waals surface area contributed by atoms with E-state index >= 15 is 0 Å². The average molecular weight is 185 g/mol. The van der Waals surface area contributed by atoms with Crippen LogP contribution >= 0.6 is 11.6 Å². The minimum Gasteiger partial charge on any atom is -0.422 e. The number of anilines is 1. The summed E-state index contributed by atoms with van der Waals surface area (Å²) < 4.78 is 5.10. The second-order valence-electron chi connectivity index (χ2n) is 2.26. The van der Waals surface area contributed by atoms with E-state index in [1.165, 1.54) is 0 Å². The van der Waals surface area contributed by atoms with Gasteiger partial charge in [0.2, 0.25) is 5.95 Å². The Labute approximate surface area is 72.6 Å². The molecule has 0 saturated carbocycles. The molecule has 62 valence electrons. The Bertz CT molecular complexity index is 438. The van der Waals surface area contributed by atoms with Crippen molar-refractivity contribution in [3.05, 3.63) is 11.0 Å². The van der Waals surface area contributed by atoms with E-state index in [4.69, 9.17) is 21.8 Å². The zero-order valence-corrected chi connectivity index (χ0v) is 6.96. The van der Waals surface area contributed by atoms with Crippen LogP contribution in [0.25, 0.3) is 11.2 Å². The number of nitrogens with zero attached hydrogens (tertiary/aromatic N) is 3. The van der Waals surface area contributed by atoms with E-state index in [0.717, 1.165) is 0 Å². The number of hydrogen-bond acceptors (Lipinski definition) is 5. The Hall–Kier alpha value is -1.36. The van der Waals surface area contributed by atoms with Crippen LogP contribution < -0.4 is 5.73 Å². The summed E-state index contributed by atoms with van der Waals surface area (Å²) in [4.78, 5) is 11.5. The van der Waals surface area contributed by atoms with Crippen molar-refractivity contribution in [3.63, 3.8) is 0 Å². The van der Waals surface area contributed by atoms with E-state index in [1.807, 2.05) is 0 Å². The van der Waals surface area contributed by atoms with E-state index in [0.29, 0.717) is 17.1 Å². The predicted octanol–water partition coefficient (Wildman–Crippen LogP) is 1.16. The molecule has 0 bridgehead atoms. The minimum absolute atomic E-state index is 0.0867. The fourth-order valence-electron chi connectivity index (χ4n) is 0.909. The molecule has 0 unspecified atom stereocenters. The predicted molar refractivity (Wildman–Crippen MR) is 43.8 cm³/mol. The van der Waals surface area contributed by atoms with Gasteiger partial charge in [0.05, 0.1) is 0 Å². The van der Waals surface area contributed by atoms with E-state index in [2.05, 4.69) is 15.0 Å². The van der Waals surface area contributed by atoms with Crippen molar-refractivity contribution < 1.29 is 4.42 Å². The molecule has 0 aliphatic carbocycles. The summed E-state index contributed by atoms with van der Waals surface area (Å²) in [5, 5.41) is 0.217. The number of nitrogen functional groups attached to an aromatic ring is 1. The van der Waals surface area contributed by atoms with Gasteiger partial charge in [-0.05, 0) is 0 Å². The molecule has 0 fully saturated rings. The van der Waals surface area contributed by atoms with Gasteiger partial charge in [0.25, 0.3) is 5.71 Å². The van der Waals surface area contributed by atoms with E-state index < -0.39 is 0 Å². The summed E-state index contributed by atoms with van der Waals surface area (Å²) in [6.07, 6.45) is 0. The summed E-state index contributed by atoms with van der Waals surface area (Å²) in [5.41, 5.74) is 6.11. The van der Waals surface area contributed by atoms with Crippen LogP contribution in [0.5, 0.6) is 0 Å². The summed E-state index contributed by atoms with van der Waals surface area (Å²) in [7, 11) is 0. The maximum absolute atomic E-state index is 5.72. The highest BCUT2D eigenvalue weighted by molar-refractivity contribution is 6.33. The molecule has 0 spiro atoms. The van der Waals surface area contributed by atoms with Gasteiger partial charge in [-0.15, -0.1) is 0 Å². The minimum atomic E-state index is 0.0867. The maximum Gasteiger partial charge on any atom is 0.253 e. The molecule has 0 atom stereocenters. The highest BCUT2D eigenvalue weighted by Gasteiger charge is 2.09. The molecule has 0 aliphatic rings. The van der Waals surface area contributed by atoms with Gasteiger partial charge in [-0.2, -0.15) is 9.97 Å². The molecular weight excluding hydrogens is 180 g/mol. The van der Waals surface area contributed by atoms with Gasteiger partial charge in [0.15, 0.2) is 16.6 Å². The quantitative estimate of drug-likeness (QED) is 0.622. The number of aryl methyl sites for hydroxylation is 1. The van der Waals surface area contributed by atoms with Gasteiger partial charge < -0.3 is 10.2 Å². The van der Waals surface area contributed by atoms with E-state index in [-0.39, 0.29) is 11.1 Å². The number of nitrogens with two attached hydrogens (primary N) is 1. The standard InChI is InChI=1S/C6H5ClN4O/c1-2-9-3-4(7)10-6(8)11-5(3)12-2/h1H3,(H2,8,10,11). The van der Waals surface area contributed by atoms with Gasteiger partial charge in [0, 0.05) is 6.92 Å². The van der Waals surface area contributed by atoms with Crippen LogP contribution in [0.4, 0.5) is 5.95 Å². The molecule has 0 saturated heterocycles. The zero-order chi connectivity index (χ0) is 8.72. The summed E-state index contributed by atoms with van der Waals surface area (Å²) >= 11 is 5.72. The molecule has 2 aromatic rings. The van der Waals surface area contributed by atoms with Crippen LogP contribution in [-0.4, -0.2) is 15.0 Å². The van der Waals surface area contributed by atoms with Crippen LogP contribution in [0.15, 0.2) is 4.42 Å². The van der Waals surface area contributed by atoms with Gasteiger partial charge in [-0.1, -0.05) is 11.6 Å². The highest BCUT2D eigenvalue weighted by Crippen LogP contribution is 2.20. The van der Waals surface area contributed by atoms with E-state index in [1.54, 1.807) is 6.92 Å². The SMILES string of the molecule is Cc1nc2c(Cl)nc(N)nc2o1. The third kappa shape index (κ3) is 0.984. The van der Waals surface area contributed by atoms with Crippen LogP contribution in [0, 0.1) is 6.92 Å². The van der Waals surface area contributed by atoms with Crippen LogP contribution in [0.3, 0.4) is 0 Å². The first kappa shape index (κ1) is 7.30. The zero-order valence-electron chi connectivity index (χ0n) is 6.21. The number of oxazole rings is 1. The molecule has 5 nitrogen and oxygen atoms in total. The first-order valence-electron chi connectivity index (χ1n) is 3.23. The number of halogens is 1. The molecule has 2 N–H and O–H groups in total. The lowest BCUT2D eigenvalue weighted by molar-refractivity contribution is 0.551. The Morgan fingerprint density at radius 3 is 2.83 bits per heavy atom. The number of aromatic nitrogens is 3. The number of hydrogen-bond donors (Lipinski definition) is 1. The Balaban J connectivity index is 2.88. The monoisotopic (exact) mass is 184 g/mol. The lowest BCUT2D eigenvalue weighted by atomic mass is 10.6. The normalized spacial score (nSPS) is 10.8. The molecule has 2 aromatic heterocycles. The van der Waals surface area contributed by atoms with Crippen molar-refractivity contribution in [1.29, 1.82) is 0 Å². The second-order valence-corrected chi connectivity index (χ2v) is 2.62. The summed E-state index contributed by atoms with van der Waals surface area (Å²) in [6, 6.07) is 0. The fraction of sp³-hybridized carbons (Fsp3) is 0.167. The number of fused-ring (bicyclic) bond motifs is 1. The molecule has 0 radical (unpaired) electrons. The topological polar surface area (TPSA) is 77.8 Å². The lowest BCUT2D eigenvalue weighted by Crippen LogP contribution is -1.94. The van der Waals surface area contributed by atoms with Crippen LogP contribution in [0.2, 0.25) is 5.15 Å². The second kappa shape index (κ2) is 2.31. The van der Waals surface area contributed by atoms with Crippen molar-refractivity contribution in [2.24, 2.45) is 0 Å². The fourth-order valence-corrected chi connectivity index (χ4v) is 1.12. The van der Waals surface area contributed by atoms with Gasteiger partial charge in [-0.3, -0.25) is 0 Å². The van der Waals surface area contributed by atoms with Crippen molar-refractivity contribution in [2.45, 2.75) is 6.92 Å².